The molecule has 0 saturated carbocycles. The number of carboxylic acids is 1. The fraction of sp³-hybridized carbons (Fsp3) is 0.714. The number of alkyl halides is 3. The number of hydrogen-bond acceptors (Lipinski definition) is 10. The Bertz CT molecular complexity index is 1530. The summed E-state index contributed by atoms with van der Waals surface area (Å²) in [6.45, 7) is 2.69. The maximum absolute atomic E-state index is 13.5. The summed E-state index contributed by atoms with van der Waals surface area (Å²) >= 11 is 0. The number of nitrogens with zero attached hydrogens (tertiary/aromatic N) is 1. The standard InChI is InChI=1S/C40H59NO9.C2HF3O/c1-3-4-5-6-7-8-9-10-11-12-13-14-15-16-17-18-34(45)48-31(26-33(43)44)38(46)49-30-21-22-40(47)32-25-28-19-20-29(27-42)36-35(28)39(40,37(30)50-36)23-24-41(32)2;3-2(4,5)1-6/h19-21,31-32,37,42,47H,3-18,22-27H2,1-2H3,(H,43,44);1H/t31-,32+,37-,39-,40+;/m0./s1. The van der Waals surface area contributed by atoms with Crippen molar-refractivity contribution in [3.63, 3.8) is 0 Å². The average Bonchev–Trinajstić information content (AvgIpc) is 3.51. The fourth-order valence-corrected chi connectivity index (χ4v) is 9.00. The molecule has 1 aromatic carbocycles. The van der Waals surface area contributed by atoms with E-state index in [1.165, 1.54) is 70.6 Å². The van der Waals surface area contributed by atoms with E-state index in [1.807, 2.05) is 19.2 Å². The molecule has 2 heterocycles. The number of aliphatic hydroxyl groups is 2. The van der Waals surface area contributed by atoms with Crippen LogP contribution in [0.15, 0.2) is 24.0 Å². The minimum absolute atomic E-state index is 0.100. The summed E-state index contributed by atoms with van der Waals surface area (Å²) in [5.41, 5.74) is 0.376. The normalized spacial score (nSPS) is 23.8. The quantitative estimate of drug-likeness (QED) is 0.0610. The largest absolute Gasteiger partial charge is 0.481 e. The van der Waals surface area contributed by atoms with Crippen LogP contribution in [0.2, 0.25) is 0 Å². The van der Waals surface area contributed by atoms with Gasteiger partial charge >= 0.3 is 24.1 Å². The molecule has 5 rings (SSSR count). The second-order valence-electron chi connectivity index (χ2n) is 15.8. The van der Waals surface area contributed by atoms with Crippen LogP contribution in [0.4, 0.5) is 13.2 Å². The zero-order valence-electron chi connectivity index (χ0n) is 32.9. The Morgan fingerprint density at radius 3 is 2.09 bits per heavy atom. The maximum atomic E-state index is 13.5. The number of aldehydes is 1. The lowest BCUT2D eigenvalue weighted by molar-refractivity contribution is -0.177. The minimum atomic E-state index is -4.64. The van der Waals surface area contributed by atoms with E-state index in [2.05, 4.69) is 11.8 Å². The monoisotopic (exact) mass is 795 g/mol. The lowest BCUT2D eigenvalue weighted by atomic mass is 9.50. The van der Waals surface area contributed by atoms with Crippen LogP contribution < -0.4 is 4.74 Å². The van der Waals surface area contributed by atoms with Crippen molar-refractivity contribution in [2.75, 3.05) is 13.6 Å². The molecule has 14 heteroatoms. The number of likely N-dealkylation sites (N-methyl/N-ethyl adjacent to an activating group) is 1. The third-order valence-corrected chi connectivity index (χ3v) is 11.9. The molecular formula is C42H60F3NO10. The molecule has 314 valence electrons. The van der Waals surface area contributed by atoms with Crippen molar-refractivity contribution in [3.05, 3.63) is 40.7 Å². The number of likely N-dealkylation sites (tertiary alicyclic amines) is 1. The van der Waals surface area contributed by atoms with Gasteiger partial charge in [-0.05, 0) is 44.5 Å². The number of aliphatic carboxylic acids is 1. The molecule has 4 aliphatic rings. The molecule has 1 spiro atoms. The smallest absolute Gasteiger partial charge is 0.446 e. The zero-order chi connectivity index (χ0) is 40.9. The number of hydrogen-bond donors (Lipinski definition) is 3. The highest BCUT2D eigenvalue weighted by molar-refractivity contribution is 5.84. The van der Waals surface area contributed by atoms with Crippen molar-refractivity contribution in [2.45, 2.75) is 177 Å². The molecule has 56 heavy (non-hydrogen) atoms. The highest BCUT2D eigenvalue weighted by atomic mass is 19.4. The summed E-state index contributed by atoms with van der Waals surface area (Å²) in [4.78, 5) is 48.8. The third kappa shape index (κ3) is 10.9. The summed E-state index contributed by atoms with van der Waals surface area (Å²) in [6, 6.07) is 3.63. The first kappa shape index (κ1) is 45.2. The topological polar surface area (TPSA) is 160 Å². The van der Waals surface area contributed by atoms with Gasteiger partial charge in [0.1, 0.15) is 11.5 Å². The molecule has 3 N–H and O–H groups in total. The van der Waals surface area contributed by atoms with E-state index in [-0.39, 0.29) is 31.2 Å². The van der Waals surface area contributed by atoms with Gasteiger partial charge in [0.25, 0.3) is 0 Å². The molecule has 0 amide bonds. The van der Waals surface area contributed by atoms with Crippen molar-refractivity contribution in [1.29, 1.82) is 0 Å². The van der Waals surface area contributed by atoms with Gasteiger partial charge in [-0.2, -0.15) is 13.2 Å². The van der Waals surface area contributed by atoms with E-state index in [9.17, 15) is 42.9 Å². The first-order chi connectivity index (χ1) is 26.7. The second kappa shape index (κ2) is 20.8. The number of carbonyl (C=O) groups is 4. The van der Waals surface area contributed by atoms with Crippen molar-refractivity contribution in [1.82, 2.24) is 4.90 Å². The Balaban J connectivity index is 0.00000107. The van der Waals surface area contributed by atoms with E-state index in [0.717, 1.165) is 30.4 Å². The van der Waals surface area contributed by atoms with Crippen molar-refractivity contribution in [2.24, 2.45) is 0 Å². The number of piperidine rings is 1. The summed E-state index contributed by atoms with van der Waals surface area (Å²) in [5.74, 6) is -2.21. The van der Waals surface area contributed by atoms with Crippen LogP contribution in [0.25, 0.3) is 0 Å². The number of rotatable bonds is 22. The van der Waals surface area contributed by atoms with Crippen LogP contribution >= 0.6 is 0 Å². The van der Waals surface area contributed by atoms with Crippen molar-refractivity contribution < 1.29 is 61.9 Å². The van der Waals surface area contributed by atoms with Crippen LogP contribution in [0.3, 0.4) is 0 Å². The molecule has 0 radical (unpaired) electrons. The molecular weight excluding hydrogens is 735 g/mol. The molecule has 1 fully saturated rings. The summed E-state index contributed by atoms with van der Waals surface area (Å²) < 4.78 is 49.0. The highest BCUT2D eigenvalue weighted by Crippen LogP contribution is 2.64. The van der Waals surface area contributed by atoms with Gasteiger partial charge in [0.2, 0.25) is 12.4 Å². The number of carboxylic acid groups (broad SMARTS) is 1. The molecule has 5 atom stereocenters. The number of halogens is 3. The fourth-order valence-electron chi connectivity index (χ4n) is 9.00. The number of benzene rings is 1. The van der Waals surface area contributed by atoms with Gasteiger partial charge in [0.15, 0.2) is 6.10 Å². The van der Waals surface area contributed by atoms with E-state index in [4.69, 9.17) is 19.0 Å². The molecule has 11 nitrogen and oxygen atoms in total. The summed E-state index contributed by atoms with van der Waals surface area (Å²) in [5, 5.41) is 32.0. The average molecular weight is 796 g/mol. The van der Waals surface area contributed by atoms with Crippen molar-refractivity contribution >= 4 is 24.2 Å². The molecule has 0 unspecified atom stereocenters. The van der Waals surface area contributed by atoms with Gasteiger partial charge in [-0.1, -0.05) is 109 Å². The van der Waals surface area contributed by atoms with Crippen molar-refractivity contribution in [3.8, 4) is 5.75 Å². The number of unbranched alkanes of at least 4 members (excludes halogenated alkanes) is 14. The maximum Gasteiger partial charge on any atom is 0.446 e. The number of ether oxygens (including phenoxy) is 3. The molecule has 1 saturated heterocycles. The first-order valence-corrected chi connectivity index (χ1v) is 20.4. The van der Waals surface area contributed by atoms with Crippen LogP contribution in [0.5, 0.6) is 5.75 Å². The van der Waals surface area contributed by atoms with Gasteiger partial charge in [0.05, 0.1) is 24.0 Å². The second-order valence-corrected chi connectivity index (χ2v) is 15.8. The Morgan fingerprint density at radius 2 is 1.55 bits per heavy atom. The molecule has 2 bridgehead atoms. The predicted molar refractivity (Wildman–Crippen MR) is 201 cm³/mol. The minimum Gasteiger partial charge on any atom is -0.481 e. The number of carbonyl (C=O) groups excluding carboxylic acids is 3. The Morgan fingerprint density at radius 1 is 0.982 bits per heavy atom. The van der Waals surface area contributed by atoms with E-state index in [0.29, 0.717) is 37.1 Å². The lowest BCUT2D eigenvalue weighted by Crippen LogP contribution is -2.74. The van der Waals surface area contributed by atoms with Crippen LogP contribution in [0, 0.1) is 0 Å². The van der Waals surface area contributed by atoms with Gasteiger partial charge in [-0.15, -0.1) is 0 Å². The predicted octanol–water partition coefficient (Wildman–Crippen LogP) is 7.40. The Labute approximate surface area is 327 Å². The SMILES string of the molecule is CCCCCCCCCCCCCCCCCC(=O)O[C@@H](CC(=O)O)C(=O)OC1=CC[C@@]2(O)[C@H]3Cc4ccc(CO)c5c4[C@@]2(CCN3C)[C@H]1O5.O=CC(F)(F)F. The summed E-state index contributed by atoms with van der Waals surface area (Å²) in [6.07, 6.45) is 12.3. The van der Waals surface area contributed by atoms with E-state index in [1.54, 1.807) is 6.08 Å². The molecule has 2 aliphatic heterocycles. The Hall–Kier alpha value is -3.49. The highest BCUT2D eigenvalue weighted by Gasteiger charge is 2.72. The number of esters is 2. The molecule has 2 aliphatic carbocycles. The molecule has 1 aromatic rings. The van der Waals surface area contributed by atoms with Crippen LogP contribution in [-0.4, -0.2) is 88.0 Å². The van der Waals surface area contributed by atoms with Gasteiger partial charge < -0.3 is 34.4 Å². The zero-order valence-corrected chi connectivity index (χ0v) is 32.9. The van der Waals surface area contributed by atoms with E-state index < -0.39 is 60.0 Å². The third-order valence-electron chi connectivity index (χ3n) is 11.9. The number of aliphatic hydroxyl groups excluding tert-OH is 1. The Kier molecular flexibility index (Phi) is 16.8. The van der Waals surface area contributed by atoms with Crippen LogP contribution in [0.1, 0.15) is 146 Å². The van der Waals surface area contributed by atoms with Gasteiger partial charge in [-0.25, -0.2) is 4.79 Å². The molecule has 0 aromatic heterocycles. The van der Waals surface area contributed by atoms with Gasteiger partial charge in [0, 0.05) is 30.0 Å². The van der Waals surface area contributed by atoms with E-state index >= 15 is 0 Å². The first-order valence-electron chi connectivity index (χ1n) is 20.4. The van der Waals surface area contributed by atoms with Gasteiger partial charge in [-0.3, -0.25) is 14.4 Å². The summed E-state index contributed by atoms with van der Waals surface area (Å²) in [7, 11) is 2.00. The lowest BCUT2D eigenvalue weighted by Gasteiger charge is -2.61. The van der Waals surface area contributed by atoms with Crippen LogP contribution in [-0.2, 0) is 47.1 Å².